The van der Waals surface area contributed by atoms with Crippen LogP contribution in [0.2, 0.25) is 0 Å². The Hall–Kier alpha value is -0.410. The standard InChI is InChI=1S/C9H11BrFN/c1-12(2)6-7-3-4-8(10)9(11)5-7/h3-5H,6H2,1-2H3. The molecule has 0 heterocycles. The van der Waals surface area contributed by atoms with Crippen LogP contribution in [-0.4, -0.2) is 19.0 Å². The third-order valence-corrected chi connectivity index (χ3v) is 2.13. The van der Waals surface area contributed by atoms with Crippen LogP contribution in [0.15, 0.2) is 22.7 Å². The quantitative estimate of drug-likeness (QED) is 0.757. The Kier molecular flexibility index (Phi) is 3.23. The summed E-state index contributed by atoms with van der Waals surface area (Å²) in [5, 5.41) is 0. The van der Waals surface area contributed by atoms with Gasteiger partial charge in [-0.25, -0.2) is 4.39 Å². The molecule has 0 spiro atoms. The monoisotopic (exact) mass is 231 g/mol. The summed E-state index contributed by atoms with van der Waals surface area (Å²) in [6, 6.07) is 5.19. The van der Waals surface area contributed by atoms with Crippen LogP contribution in [0.3, 0.4) is 0 Å². The van der Waals surface area contributed by atoms with Crippen molar-refractivity contribution < 1.29 is 4.39 Å². The fourth-order valence-electron chi connectivity index (χ4n) is 1.00. The summed E-state index contributed by atoms with van der Waals surface area (Å²) in [5.74, 6) is -0.200. The fraction of sp³-hybridized carbons (Fsp3) is 0.333. The first-order valence-electron chi connectivity index (χ1n) is 3.68. The Bertz CT molecular complexity index is 273. The third-order valence-electron chi connectivity index (χ3n) is 1.48. The molecule has 1 aromatic carbocycles. The average Bonchev–Trinajstić information content (AvgIpc) is 1.96. The topological polar surface area (TPSA) is 3.24 Å². The van der Waals surface area contributed by atoms with Crippen LogP contribution in [0, 0.1) is 5.82 Å². The molecule has 1 rings (SSSR count). The normalized spacial score (nSPS) is 10.8. The van der Waals surface area contributed by atoms with E-state index in [-0.39, 0.29) is 5.82 Å². The lowest BCUT2D eigenvalue weighted by atomic mass is 10.2. The number of hydrogen-bond acceptors (Lipinski definition) is 1. The lowest BCUT2D eigenvalue weighted by Crippen LogP contribution is -2.10. The zero-order chi connectivity index (χ0) is 9.14. The highest BCUT2D eigenvalue weighted by molar-refractivity contribution is 9.10. The Balaban J connectivity index is 2.82. The highest BCUT2D eigenvalue weighted by atomic mass is 79.9. The van der Waals surface area contributed by atoms with Gasteiger partial charge >= 0.3 is 0 Å². The molecule has 66 valence electrons. The fourth-order valence-corrected chi connectivity index (χ4v) is 1.25. The molecule has 1 aromatic rings. The zero-order valence-electron chi connectivity index (χ0n) is 7.14. The minimum absolute atomic E-state index is 0.200. The van der Waals surface area contributed by atoms with E-state index < -0.39 is 0 Å². The summed E-state index contributed by atoms with van der Waals surface area (Å²) >= 11 is 3.11. The molecular formula is C9H11BrFN. The van der Waals surface area contributed by atoms with Gasteiger partial charge in [0.2, 0.25) is 0 Å². The van der Waals surface area contributed by atoms with Crippen molar-refractivity contribution in [3.8, 4) is 0 Å². The maximum Gasteiger partial charge on any atom is 0.137 e. The molecule has 0 aliphatic rings. The Labute approximate surface area is 80.3 Å². The second-order valence-electron chi connectivity index (χ2n) is 2.99. The van der Waals surface area contributed by atoms with E-state index in [0.717, 1.165) is 12.1 Å². The Morgan fingerprint density at radius 1 is 1.42 bits per heavy atom. The van der Waals surface area contributed by atoms with E-state index in [9.17, 15) is 4.39 Å². The Morgan fingerprint density at radius 3 is 2.58 bits per heavy atom. The molecule has 0 saturated heterocycles. The molecule has 12 heavy (non-hydrogen) atoms. The van der Waals surface area contributed by atoms with E-state index in [2.05, 4.69) is 15.9 Å². The van der Waals surface area contributed by atoms with Gasteiger partial charge < -0.3 is 4.90 Å². The van der Waals surface area contributed by atoms with Crippen molar-refractivity contribution in [2.75, 3.05) is 14.1 Å². The molecular weight excluding hydrogens is 221 g/mol. The minimum Gasteiger partial charge on any atom is -0.305 e. The van der Waals surface area contributed by atoms with Crippen LogP contribution in [0.4, 0.5) is 4.39 Å². The van der Waals surface area contributed by atoms with E-state index in [1.54, 1.807) is 12.1 Å². The average molecular weight is 232 g/mol. The molecule has 3 heteroatoms. The van der Waals surface area contributed by atoms with Gasteiger partial charge in [0.15, 0.2) is 0 Å². The van der Waals surface area contributed by atoms with Crippen molar-refractivity contribution in [2.45, 2.75) is 6.54 Å². The summed E-state index contributed by atoms with van der Waals surface area (Å²) < 4.78 is 13.5. The van der Waals surface area contributed by atoms with E-state index >= 15 is 0 Å². The highest BCUT2D eigenvalue weighted by Gasteiger charge is 2.00. The second-order valence-corrected chi connectivity index (χ2v) is 3.84. The summed E-state index contributed by atoms with van der Waals surface area (Å²) in [5.41, 5.74) is 0.987. The maximum atomic E-state index is 13.0. The van der Waals surface area contributed by atoms with Crippen molar-refractivity contribution in [2.24, 2.45) is 0 Å². The minimum atomic E-state index is -0.200. The highest BCUT2D eigenvalue weighted by Crippen LogP contribution is 2.16. The van der Waals surface area contributed by atoms with E-state index in [1.807, 2.05) is 25.1 Å². The van der Waals surface area contributed by atoms with Gasteiger partial charge in [-0.2, -0.15) is 0 Å². The number of nitrogens with zero attached hydrogens (tertiary/aromatic N) is 1. The van der Waals surface area contributed by atoms with E-state index in [4.69, 9.17) is 0 Å². The molecule has 0 radical (unpaired) electrons. The SMILES string of the molecule is CN(C)Cc1ccc(Br)c(F)c1. The largest absolute Gasteiger partial charge is 0.305 e. The summed E-state index contributed by atoms with van der Waals surface area (Å²) in [6.07, 6.45) is 0. The molecule has 0 amide bonds. The van der Waals surface area contributed by atoms with Crippen molar-refractivity contribution >= 4 is 15.9 Å². The molecule has 0 saturated carbocycles. The van der Waals surface area contributed by atoms with Gasteiger partial charge in [0, 0.05) is 6.54 Å². The van der Waals surface area contributed by atoms with Gasteiger partial charge in [0.25, 0.3) is 0 Å². The van der Waals surface area contributed by atoms with Crippen LogP contribution < -0.4 is 0 Å². The van der Waals surface area contributed by atoms with Crippen molar-refractivity contribution in [3.05, 3.63) is 34.1 Å². The second kappa shape index (κ2) is 4.01. The molecule has 0 unspecified atom stereocenters. The smallest absolute Gasteiger partial charge is 0.137 e. The summed E-state index contributed by atoms with van der Waals surface area (Å²) in [7, 11) is 3.92. The summed E-state index contributed by atoms with van der Waals surface area (Å²) in [6.45, 7) is 0.768. The molecule has 0 aliphatic heterocycles. The Morgan fingerprint density at radius 2 is 2.08 bits per heavy atom. The molecule has 0 bridgehead atoms. The van der Waals surface area contributed by atoms with Crippen LogP contribution in [0.25, 0.3) is 0 Å². The predicted molar refractivity (Wildman–Crippen MR) is 51.5 cm³/mol. The van der Waals surface area contributed by atoms with E-state index in [1.165, 1.54) is 0 Å². The lowest BCUT2D eigenvalue weighted by Gasteiger charge is -2.09. The van der Waals surface area contributed by atoms with Gasteiger partial charge in [-0.1, -0.05) is 6.07 Å². The van der Waals surface area contributed by atoms with E-state index in [0.29, 0.717) is 4.47 Å². The molecule has 0 N–H and O–H groups in total. The predicted octanol–water partition coefficient (Wildman–Crippen LogP) is 2.65. The molecule has 0 aliphatic carbocycles. The molecule has 1 nitrogen and oxygen atoms in total. The van der Waals surface area contributed by atoms with Gasteiger partial charge in [0.1, 0.15) is 5.82 Å². The lowest BCUT2D eigenvalue weighted by molar-refractivity contribution is 0.401. The first-order valence-corrected chi connectivity index (χ1v) is 4.47. The van der Waals surface area contributed by atoms with Crippen LogP contribution in [0.1, 0.15) is 5.56 Å². The maximum absolute atomic E-state index is 13.0. The number of benzene rings is 1. The van der Waals surface area contributed by atoms with Gasteiger partial charge in [0.05, 0.1) is 4.47 Å². The molecule has 0 fully saturated rings. The van der Waals surface area contributed by atoms with Crippen molar-refractivity contribution in [1.29, 1.82) is 0 Å². The zero-order valence-corrected chi connectivity index (χ0v) is 8.73. The first-order chi connectivity index (χ1) is 5.59. The van der Waals surface area contributed by atoms with Crippen molar-refractivity contribution in [3.63, 3.8) is 0 Å². The third kappa shape index (κ3) is 2.57. The van der Waals surface area contributed by atoms with Gasteiger partial charge in [-0.05, 0) is 47.7 Å². The first kappa shape index (κ1) is 9.68. The van der Waals surface area contributed by atoms with Crippen LogP contribution in [-0.2, 0) is 6.54 Å². The molecule has 0 atom stereocenters. The number of hydrogen-bond donors (Lipinski definition) is 0. The van der Waals surface area contributed by atoms with Gasteiger partial charge in [-0.3, -0.25) is 0 Å². The van der Waals surface area contributed by atoms with Crippen LogP contribution >= 0.6 is 15.9 Å². The number of halogens is 2. The summed E-state index contributed by atoms with van der Waals surface area (Å²) in [4.78, 5) is 2.00. The number of rotatable bonds is 2. The van der Waals surface area contributed by atoms with Gasteiger partial charge in [-0.15, -0.1) is 0 Å². The van der Waals surface area contributed by atoms with Crippen LogP contribution in [0.5, 0.6) is 0 Å². The molecule has 0 aromatic heterocycles. The van der Waals surface area contributed by atoms with Crippen molar-refractivity contribution in [1.82, 2.24) is 4.90 Å².